The van der Waals surface area contributed by atoms with Crippen LogP contribution in [-0.2, 0) is 19.2 Å². The van der Waals surface area contributed by atoms with Crippen molar-refractivity contribution in [2.45, 2.75) is 32.7 Å². The molecule has 0 spiro atoms. The SMILES string of the molecule is CC(C)CC(=O)C(=O)O.NC(=O)C[C@H](N)C(=O)O. The molecular weight excluding hydrogens is 244 g/mol. The largest absolute Gasteiger partial charge is 0.480 e. The van der Waals surface area contributed by atoms with Crippen molar-refractivity contribution in [1.82, 2.24) is 0 Å². The van der Waals surface area contributed by atoms with Crippen molar-refractivity contribution in [3.8, 4) is 0 Å². The highest BCUT2D eigenvalue weighted by molar-refractivity contribution is 6.32. The van der Waals surface area contributed by atoms with Gasteiger partial charge >= 0.3 is 11.9 Å². The van der Waals surface area contributed by atoms with E-state index in [1.807, 2.05) is 0 Å². The Morgan fingerprint density at radius 3 is 1.61 bits per heavy atom. The zero-order chi connectivity index (χ0) is 14.9. The summed E-state index contributed by atoms with van der Waals surface area (Å²) in [5, 5.41) is 16.2. The van der Waals surface area contributed by atoms with Crippen LogP contribution in [0.15, 0.2) is 0 Å². The molecule has 0 aromatic rings. The van der Waals surface area contributed by atoms with Gasteiger partial charge < -0.3 is 21.7 Å². The highest BCUT2D eigenvalue weighted by atomic mass is 16.4. The van der Waals surface area contributed by atoms with E-state index in [0.717, 1.165) is 0 Å². The zero-order valence-corrected chi connectivity index (χ0v) is 10.3. The third-order valence-corrected chi connectivity index (χ3v) is 1.57. The van der Waals surface area contributed by atoms with E-state index >= 15 is 0 Å². The molecule has 0 aliphatic rings. The second-order valence-corrected chi connectivity index (χ2v) is 3.94. The number of carboxylic acid groups (broad SMARTS) is 2. The predicted octanol–water partition coefficient (Wildman–Crippen LogP) is -1.04. The number of primary amides is 1. The van der Waals surface area contributed by atoms with Gasteiger partial charge in [-0.2, -0.15) is 0 Å². The molecule has 0 rings (SSSR count). The molecule has 0 radical (unpaired) electrons. The van der Waals surface area contributed by atoms with Crippen molar-refractivity contribution in [2.75, 3.05) is 0 Å². The lowest BCUT2D eigenvalue weighted by atomic mass is 10.1. The highest BCUT2D eigenvalue weighted by Crippen LogP contribution is 1.99. The quantitative estimate of drug-likeness (QED) is 0.444. The molecule has 6 N–H and O–H groups in total. The summed E-state index contributed by atoms with van der Waals surface area (Å²) >= 11 is 0. The molecule has 0 aliphatic carbocycles. The minimum absolute atomic E-state index is 0.133. The topological polar surface area (TPSA) is 161 Å². The number of carboxylic acids is 2. The monoisotopic (exact) mass is 262 g/mol. The highest BCUT2D eigenvalue weighted by Gasteiger charge is 2.13. The van der Waals surface area contributed by atoms with Crippen molar-refractivity contribution < 1.29 is 29.4 Å². The molecule has 0 saturated heterocycles. The molecule has 18 heavy (non-hydrogen) atoms. The van der Waals surface area contributed by atoms with Crippen LogP contribution in [0, 0.1) is 5.92 Å². The molecule has 0 saturated carbocycles. The molecule has 0 fully saturated rings. The summed E-state index contributed by atoms with van der Waals surface area (Å²) in [6.07, 6.45) is -0.176. The first-order valence-electron chi connectivity index (χ1n) is 5.10. The summed E-state index contributed by atoms with van der Waals surface area (Å²) in [6, 6.07) is -1.16. The average molecular weight is 262 g/mol. The Bertz CT molecular complexity index is 326. The number of nitrogens with two attached hydrogens (primary N) is 2. The maximum atomic E-state index is 10.4. The Labute approximate surface area is 104 Å². The number of carbonyl (C=O) groups is 4. The van der Waals surface area contributed by atoms with Crippen molar-refractivity contribution >= 4 is 23.6 Å². The number of amides is 1. The van der Waals surface area contributed by atoms with Gasteiger partial charge in [-0.3, -0.25) is 14.4 Å². The lowest BCUT2D eigenvalue weighted by molar-refractivity contribution is -0.149. The number of aliphatic carboxylic acids is 2. The number of ketones is 1. The van der Waals surface area contributed by atoms with Gasteiger partial charge in [0.2, 0.25) is 11.7 Å². The molecule has 8 nitrogen and oxygen atoms in total. The van der Waals surface area contributed by atoms with Gasteiger partial charge in [0.05, 0.1) is 6.42 Å². The molecular formula is C10H18N2O6. The van der Waals surface area contributed by atoms with Gasteiger partial charge in [0.15, 0.2) is 0 Å². The summed E-state index contributed by atoms with van der Waals surface area (Å²) in [5.41, 5.74) is 9.57. The number of Topliss-reactive ketones (excluding diaryl/α,β-unsaturated/α-hetero) is 1. The molecule has 8 heteroatoms. The van der Waals surface area contributed by atoms with Crippen molar-refractivity contribution in [2.24, 2.45) is 17.4 Å². The summed E-state index contributed by atoms with van der Waals surface area (Å²) in [4.78, 5) is 40.1. The zero-order valence-electron chi connectivity index (χ0n) is 10.3. The summed E-state index contributed by atoms with van der Waals surface area (Å²) in [6.45, 7) is 3.61. The summed E-state index contributed by atoms with van der Waals surface area (Å²) < 4.78 is 0. The van der Waals surface area contributed by atoms with Gasteiger partial charge in [-0.1, -0.05) is 13.8 Å². The molecule has 0 unspecified atom stereocenters. The van der Waals surface area contributed by atoms with Crippen LogP contribution in [0.3, 0.4) is 0 Å². The number of carbonyl (C=O) groups excluding carboxylic acids is 2. The van der Waals surface area contributed by atoms with Crippen molar-refractivity contribution in [3.63, 3.8) is 0 Å². The predicted molar refractivity (Wildman–Crippen MR) is 61.5 cm³/mol. The fraction of sp³-hybridized carbons (Fsp3) is 0.600. The second kappa shape index (κ2) is 9.11. The molecule has 1 amide bonds. The van der Waals surface area contributed by atoms with Crippen LogP contribution in [0.2, 0.25) is 0 Å². The number of hydrogen-bond acceptors (Lipinski definition) is 5. The van der Waals surface area contributed by atoms with E-state index in [2.05, 4.69) is 5.73 Å². The van der Waals surface area contributed by atoms with Crippen LogP contribution >= 0.6 is 0 Å². The molecule has 0 aromatic carbocycles. The molecule has 0 heterocycles. The second-order valence-electron chi connectivity index (χ2n) is 3.94. The maximum absolute atomic E-state index is 10.4. The van der Waals surface area contributed by atoms with Crippen LogP contribution in [0.4, 0.5) is 0 Å². The van der Waals surface area contributed by atoms with E-state index in [4.69, 9.17) is 15.9 Å². The van der Waals surface area contributed by atoms with E-state index in [0.29, 0.717) is 0 Å². The van der Waals surface area contributed by atoms with Crippen LogP contribution in [0.25, 0.3) is 0 Å². The van der Waals surface area contributed by atoms with Gasteiger partial charge in [-0.25, -0.2) is 4.79 Å². The number of rotatable bonds is 6. The van der Waals surface area contributed by atoms with Crippen LogP contribution < -0.4 is 11.5 Å². The minimum atomic E-state index is -1.33. The first-order valence-corrected chi connectivity index (χ1v) is 5.10. The molecule has 0 bridgehead atoms. The van der Waals surface area contributed by atoms with Gasteiger partial charge in [0.1, 0.15) is 6.04 Å². The molecule has 0 aromatic heterocycles. The fourth-order valence-electron chi connectivity index (χ4n) is 0.762. The Hall–Kier alpha value is -1.96. The van der Waals surface area contributed by atoms with E-state index in [1.54, 1.807) is 13.8 Å². The first-order chi connectivity index (χ1) is 8.07. The smallest absolute Gasteiger partial charge is 0.372 e. The van der Waals surface area contributed by atoms with E-state index < -0.39 is 29.7 Å². The third kappa shape index (κ3) is 12.1. The standard InChI is InChI=1S/C6H10O3.C4H8N2O3/c1-4(2)3-5(7)6(8)9;5-2(4(8)9)1-3(6)7/h4H,3H2,1-2H3,(H,8,9);2H,1,5H2,(H2,6,7)(H,8,9)/t;2-/m.0/s1. The van der Waals surface area contributed by atoms with E-state index in [-0.39, 0.29) is 18.8 Å². The third-order valence-electron chi connectivity index (χ3n) is 1.57. The fourth-order valence-corrected chi connectivity index (χ4v) is 0.762. The Balaban J connectivity index is 0. The van der Waals surface area contributed by atoms with Crippen LogP contribution in [-0.4, -0.2) is 39.9 Å². The van der Waals surface area contributed by atoms with Gasteiger partial charge in [0.25, 0.3) is 0 Å². The van der Waals surface area contributed by atoms with Gasteiger partial charge in [-0.05, 0) is 5.92 Å². The first kappa shape index (κ1) is 18.4. The maximum Gasteiger partial charge on any atom is 0.372 e. The summed E-state index contributed by atoms with van der Waals surface area (Å²) in [7, 11) is 0. The van der Waals surface area contributed by atoms with E-state index in [1.165, 1.54) is 0 Å². The average Bonchev–Trinajstić information content (AvgIpc) is 2.16. The normalized spacial score (nSPS) is 11.1. The van der Waals surface area contributed by atoms with Crippen LogP contribution in [0.1, 0.15) is 26.7 Å². The number of hydrogen-bond donors (Lipinski definition) is 4. The van der Waals surface area contributed by atoms with E-state index in [9.17, 15) is 19.2 Å². The molecule has 0 aliphatic heterocycles. The van der Waals surface area contributed by atoms with Gasteiger partial charge in [0, 0.05) is 6.42 Å². The van der Waals surface area contributed by atoms with Crippen LogP contribution in [0.5, 0.6) is 0 Å². The van der Waals surface area contributed by atoms with Crippen molar-refractivity contribution in [1.29, 1.82) is 0 Å². The lowest BCUT2D eigenvalue weighted by Gasteiger charge is -1.99. The van der Waals surface area contributed by atoms with Gasteiger partial charge in [-0.15, -0.1) is 0 Å². The van der Waals surface area contributed by atoms with Crippen molar-refractivity contribution in [3.05, 3.63) is 0 Å². The molecule has 1 atom stereocenters. The molecule has 104 valence electrons. The Kier molecular flexibility index (Phi) is 9.32. The minimum Gasteiger partial charge on any atom is -0.480 e. The Morgan fingerprint density at radius 1 is 1.06 bits per heavy atom. The Morgan fingerprint density at radius 2 is 1.50 bits per heavy atom. The summed E-state index contributed by atoms with van der Waals surface area (Å²) in [5.74, 6) is -3.82. The lowest BCUT2D eigenvalue weighted by Crippen LogP contribution is -2.34.